The molecule has 0 radical (unpaired) electrons. The second kappa shape index (κ2) is 5.78. The minimum absolute atomic E-state index is 0.244. The zero-order valence-electron chi connectivity index (χ0n) is 10.8. The standard InChI is InChI=1S/C14H19N3O/c1-3-11(18)8-9-15-14-10(2)16-12-6-4-5-7-13(12)17-14/h4-7,11,18H,3,8-9H2,1-2H3,(H,15,17). The molecule has 4 nitrogen and oxygen atoms in total. The van der Waals surface area contributed by atoms with Gasteiger partial charge in [-0.1, -0.05) is 19.1 Å². The van der Waals surface area contributed by atoms with E-state index in [1.165, 1.54) is 0 Å². The molecule has 18 heavy (non-hydrogen) atoms. The zero-order valence-corrected chi connectivity index (χ0v) is 10.8. The molecule has 1 unspecified atom stereocenters. The lowest BCUT2D eigenvalue weighted by Gasteiger charge is -2.11. The first-order valence-corrected chi connectivity index (χ1v) is 6.36. The SMILES string of the molecule is CCC(O)CCNc1nc2ccccc2nc1C. The highest BCUT2D eigenvalue weighted by molar-refractivity contribution is 5.76. The lowest BCUT2D eigenvalue weighted by molar-refractivity contribution is 0.164. The molecule has 4 heteroatoms. The van der Waals surface area contributed by atoms with Gasteiger partial charge in [0.05, 0.1) is 22.8 Å². The summed E-state index contributed by atoms with van der Waals surface area (Å²) in [6.45, 7) is 4.63. The van der Waals surface area contributed by atoms with Gasteiger partial charge < -0.3 is 10.4 Å². The van der Waals surface area contributed by atoms with Crippen molar-refractivity contribution in [2.75, 3.05) is 11.9 Å². The fourth-order valence-electron chi connectivity index (χ4n) is 1.82. The molecule has 1 aromatic heterocycles. The summed E-state index contributed by atoms with van der Waals surface area (Å²) in [4.78, 5) is 9.05. The van der Waals surface area contributed by atoms with E-state index in [9.17, 15) is 5.11 Å². The van der Waals surface area contributed by atoms with Crippen molar-refractivity contribution < 1.29 is 5.11 Å². The van der Waals surface area contributed by atoms with Crippen molar-refractivity contribution in [3.63, 3.8) is 0 Å². The van der Waals surface area contributed by atoms with Crippen molar-refractivity contribution in [3.8, 4) is 0 Å². The van der Waals surface area contributed by atoms with Gasteiger partial charge >= 0.3 is 0 Å². The number of anilines is 1. The van der Waals surface area contributed by atoms with E-state index in [0.29, 0.717) is 6.54 Å². The van der Waals surface area contributed by atoms with Crippen molar-refractivity contribution in [1.29, 1.82) is 0 Å². The number of para-hydroxylation sites is 2. The molecule has 0 saturated heterocycles. The molecule has 0 aliphatic rings. The number of rotatable bonds is 5. The molecule has 0 aliphatic heterocycles. The Labute approximate surface area is 107 Å². The first kappa shape index (κ1) is 12.8. The molecular weight excluding hydrogens is 226 g/mol. The Bertz CT molecular complexity index is 527. The van der Waals surface area contributed by atoms with Gasteiger partial charge in [-0.15, -0.1) is 0 Å². The molecule has 1 aromatic carbocycles. The summed E-state index contributed by atoms with van der Waals surface area (Å²) in [6, 6.07) is 7.83. The highest BCUT2D eigenvalue weighted by Gasteiger charge is 2.05. The number of nitrogens with zero attached hydrogens (tertiary/aromatic N) is 2. The maximum absolute atomic E-state index is 9.50. The summed E-state index contributed by atoms with van der Waals surface area (Å²) in [5.74, 6) is 0.803. The van der Waals surface area contributed by atoms with Gasteiger partial charge in [0.2, 0.25) is 0 Å². The zero-order chi connectivity index (χ0) is 13.0. The summed E-state index contributed by atoms with van der Waals surface area (Å²) in [5, 5.41) is 12.7. The van der Waals surface area contributed by atoms with E-state index in [2.05, 4.69) is 15.3 Å². The number of nitrogens with one attached hydrogen (secondary N) is 1. The number of aryl methyl sites for hydroxylation is 1. The molecule has 1 atom stereocenters. The van der Waals surface area contributed by atoms with Crippen molar-refractivity contribution in [2.24, 2.45) is 0 Å². The molecule has 0 amide bonds. The molecule has 0 aliphatic carbocycles. The second-order valence-electron chi connectivity index (χ2n) is 4.42. The first-order chi connectivity index (χ1) is 8.70. The van der Waals surface area contributed by atoms with E-state index >= 15 is 0 Å². The number of fused-ring (bicyclic) bond motifs is 1. The van der Waals surface area contributed by atoms with Gasteiger partial charge in [-0.25, -0.2) is 9.97 Å². The van der Waals surface area contributed by atoms with Crippen LogP contribution in [0.25, 0.3) is 11.0 Å². The average molecular weight is 245 g/mol. The Hall–Kier alpha value is -1.68. The van der Waals surface area contributed by atoms with Crippen molar-refractivity contribution in [2.45, 2.75) is 32.8 Å². The Kier molecular flexibility index (Phi) is 4.10. The van der Waals surface area contributed by atoms with E-state index in [1.54, 1.807) is 0 Å². The van der Waals surface area contributed by atoms with Crippen LogP contribution in [0.3, 0.4) is 0 Å². The van der Waals surface area contributed by atoms with Crippen LogP contribution in [0.5, 0.6) is 0 Å². The number of aliphatic hydroxyl groups excluding tert-OH is 1. The third kappa shape index (κ3) is 2.96. The number of aromatic nitrogens is 2. The smallest absolute Gasteiger partial charge is 0.148 e. The van der Waals surface area contributed by atoms with Crippen molar-refractivity contribution in [1.82, 2.24) is 9.97 Å². The van der Waals surface area contributed by atoms with Crippen LogP contribution in [0.15, 0.2) is 24.3 Å². The molecule has 0 bridgehead atoms. The van der Waals surface area contributed by atoms with Crippen LogP contribution in [-0.2, 0) is 0 Å². The van der Waals surface area contributed by atoms with Crippen LogP contribution in [0.1, 0.15) is 25.5 Å². The summed E-state index contributed by atoms with van der Waals surface area (Å²) in [5.41, 5.74) is 2.69. The number of benzene rings is 1. The van der Waals surface area contributed by atoms with Gasteiger partial charge in [0.1, 0.15) is 5.82 Å². The normalized spacial score (nSPS) is 12.6. The Balaban J connectivity index is 2.10. The van der Waals surface area contributed by atoms with Crippen molar-refractivity contribution in [3.05, 3.63) is 30.0 Å². The van der Waals surface area contributed by atoms with E-state index in [0.717, 1.165) is 35.4 Å². The van der Waals surface area contributed by atoms with Crippen LogP contribution in [0.2, 0.25) is 0 Å². The summed E-state index contributed by atoms with van der Waals surface area (Å²) in [6.07, 6.45) is 1.26. The molecule has 2 N–H and O–H groups in total. The highest BCUT2D eigenvalue weighted by Crippen LogP contribution is 2.15. The highest BCUT2D eigenvalue weighted by atomic mass is 16.3. The summed E-state index contributed by atoms with van der Waals surface area (Å²) >= 11 is 0. The Morgan fingerprint density at radius 2 is 1.89 bits per heavy atom. The fraction of sp³-hybridized carbons (Fsp3) is 0.429. The third-order valence-corrected chi connectivity index (χ3v) is 2.99. The Morgan fingerprint density at radius 3 is 2.56 bits per heavy atom. The predicted octanol–water partition coefficient (Wildman–Crippen LogP) is 2.51. The van der Waals surface area contributed by atoms with Gasteiger partial charge in [-0.05, 0) is 31.9 Å². The average Bonchev–Trinajstić information content (AvgIpc) is 2.39. The van der Waals surface area contributed by atoms with Gasteiger partial charge in [-0.2, -0.15) is 0 Å². The topological polar surface area (TPSA) is 58.0 Å². The molecule has 0 saturated carbocycles. The van der Waals surface area contributed by atoms with Gasteiger partial charge in [0.15, 0.2) is 0 Å². The van der Waals surface area contributed by atoms with Gasteiger partial charge in [-0.3, -0.25) is 0 Å². The summed E-state index contributed by atoms with van der Waals surface area (Å²) < 4.78 is 0. The number of aliphatic hydroxyl groups is 1. The molecule has 1 heterocycles. The lowest BCUT2D eigenvalue weighted by atomic mass is 10.2. The van der Waals surface area contributed by atoms with Crippen LogP contribution < -0.4 is 5.32 Å². The monoisotopic (exact) mass is 245 g/mol. The predicted molar refractivity (Wildman–Crippen MR) is 73.7 cm³/mol. The maximum atomic E-state index is 9.50. The summed E-state index contributed by atoms with van der Waals surface area (Å²) in [7, 11) is 0. The second-order valence-corrected chi connectivity index (χ2v) is 4.42. The quantitative estimate of drug-likeness (QED) is 0.849. The van der Waals surface area contributed by atoms with Crippen LogP contribution in [-0.4, -0.2) is 27.7 Å². The lowest BCUT2D eigenvalue weighted by Crippen LogP contribution is -2.13. The Morgan fingerprint density at radius 1 is 1.22 bits per heavy atom. The minimum atomic E-state index is -0.244. The van der Waals surface area contributed by atoms with Crippen molar-refractivity contribution >= 4 is 16.9 Å². The molecule has 0 fully saturated rings. The van der Waals surface area contributed by atoms with Gasteiger partial charge in [0, 0.05) is 6.54 Å². The van der Waals surface area contributed by atoms with E-state index < -0.39 is 0 Å². The van der Waals surface area contributed by atoms with Crippen LogP contribution >= 0.6 is 0 Å². The van der Waals surface area contributed by atoms with Gasteiger partial charge in [0.25, 0.3) is 0 Å². The van der Waals surface area contributed by atoms with Crippen LogP contribution in [0.4, 0.5) is 5.82 Å². The van der Waals surface area contributed by atoms with Crippen LogP contribution in [0, 0.1) is 6.92 Å². The molecule has 0 spiro atoms. The fourth-order valence-corrected chi connectivity index (χ4v) is 1.82. The number of hydrogen-bond acceptors (Lipinski definition) is 4. The first-order valence-electron chi connectivity index (χ1n) is 6.36. The van der Waals surface area contributed by atoms with E-state index in [-0.39, 0.29) is 6.10 Å². The molecular formula is C14H19N3O. The molecule has 2 rings (SSSR count). The third-order valence-electron chi connectivity index (χ3n) is 2.99. The van der Waals surface area contributed by atoms with E-state index in [4.69, 9.17) is 0 Å². The largest absolute Gasteiger partial charge is 0.393 e. The molecule has 96 valence electrons. The van der Waals surface area contributed by atoms with E-state index in [1.807, 2.05) is 38.1 Å². The minimum Gasteiger partial charge on any atom is -0.393 e. The maximum Gasteiger partial charge on any atom is 0.148 e. The molecule has 2 aromatic rings. The number of hydrogen-bond donors (Lipinski definition) is 2.